The highest BCUT2D eigenvalue weighted by Crippen LogP contribution is 2.21. The first-order chi connectivity index (χ1) is 8.85. The number of nitriles is 1. The van der Waals surface area contributed by atoms with Crippen molar-refractivity contribution in [3.8, 4) is 6.07 Å². The molecule has 0 aliphatic heterocycles. The molecule has 7 heteroatoms. The molecule has 0 fully saturated rings. The zero-order valence-electron chi connectivity index (χ0n) is 10.4. The Balaban J connectivity index is 3.00. The molecule has 1 N–H and O–H groups in total. The van der Waals surface area contributed by atoms with E-state index in [2.05, 4.69) is 21.2 Å². The molecule has 19 heavy (non-hydrogen) atoms. The van der Waals surface area contributed by atoms with Crippen LogP contribution in [0.5, 0.6) is 0 Å². The number of carbonyl (C=O) groups is 1. The average Bonchev–Trinajstić information content (AvgIpc) is 2.34. The fourth-order valence-corrected chi connectivity index (χ4v) is 1.86. The lowest BCUT2D eigenvalue weighted by Crippen LogP contribution is -2.37. The molecule has 0 aliphatic carbocycles. The maximum atomic E-state index is 11.9. The number of nitro groups is 1. The monoisotopic (exact) mass is 325 g/mol. The number of halogens is 1. The molecule has 100 valence electrons. The first-order valence-corrected chi connectivity index (χ1v) is 6.30. The summed E-state index contributed by atoms with van der Waals surface area (Å²) in [6.45, 7) is 3.61. The van der Waals surface area contributed by atoms with E-state index in [4.69, 9.17) is 5.26 Å². The summed E-state index contributed by atoms with van der Waals surface area (Å²) in [7, 11) is 0. The van der Waals surface area contributed by atoms with Crippen LogP contribution in [-0.2, 0) is 0 Å². The van der Waals surface area contributed by atoms with Crippen molar-refractivity contribution in [2.45, 2.75) is 19.9 Å². The Morgan fingerprint density at radius 2 is 2.11 bits per heavy atom. The number of nitrogens with zero attached hydrogens (tertiary/aromatic N) is 2. The van der Waals surface area contributed by atoms with Crippen molar-refractivity contribution in [1.29, 1.82) is 5.26 Å². The van der Waals surface area contributed by atoms with Crippen LogP contribution in [0, 0.1) is 27.4 Å². The van der Waals surface area contributed by atoms with E-state index in [-0.39, 0.29) is 17.2 Å². The summed E-state index contributed by atoms with van der Waals surface area (Å²) in [5.41, 5.74) is -0.0421. The van der Waals surface area contributed by atoms with Gasteiger partial charge in [-0.2, -0.15) is 5.26 Å². The van der Waals surface area contributed by atoms with E-state index < -0.39 is 16.9 Å². The van der Waals surface area contributed by atoms with Gasteiger partial charge in [-0.1, -0.05) is 29.8 Å². The number of benzene rings is 1. The quantitative estimate of drug-likeness (QED) is 0.679. The molecule has 1 aromatic carbocycles. The van der Waals surface area contributed by atoms with E-state index in [0.29, 0.717) is 4.47 Å². The SMILES string of the molecule is CC(C)C(C#N)NC(=O)c1cc(Br)cc([N+](=O)[O-])c1. The zero-order valence-corrected chi connectivity index (χ0v) is 12.0. The maximum Gasteiger partial charge on any atom is 0.271 e. The number of amides is 1. The average molecular weight is 326 g/mol. The van der Waals surface area contributed by atoms with Crippen LogP contribution in [0.2, 0.25) is 0 Å². The van der Waals surface area contributed by atoms with Gasteiger partial charge in [-0.25, -0.2) is 0 Å². The summed E-state index contributed by atoms with van der Waals surface area (Å²) in [6.07, 6.45) is 0. The largest absolute Gasteiger partial charge is 0.336 e. The van der Waals surface area contributed by atoms with Gasteiger partial charge >= 0.3 is 0 Å². The lowest BCUT2D eigenvalue weighted by Gasteiger charge is -2.14. The molecule has 1 amide bonds. The molecule has 0 aliphatic rings. The van der Waals surface area contributed by atoms with Crippen LogP contribution < -0.4 is 5.32 Å². The van der Waals surface area contributed by atoms with Gasteiger partial charge in [0.05, 0.1) is 11.0 Å². The van der Waals surface area contributed by atoms with Gasteiger partial charge in [0.2, 0.25) is 0 Å². The van der Waals surface area contributed by atoms with Crippen molar-refractivity contribution in [1.82, 2.24) is 5.32 Å². The highest BCUT2D eigenvalue weighted by molar-refractivity contribution is 9.10. The Bertz CT molecular complexity index is 552. The summed E-state index contributed by atoms with van der Waals surface area (Å²) in [5, 5.41) is 22.2. The van der Waals surface area contributed by atoms with E-state index in [1.165, 1.54) is 18.2 Å². The van der Waals surface area contributed by atoms with Crippen LogP contribution >= 0.6 is 15.9 Å². The minimum Gasteiger partial charge on any atom is -0.336 e. The molecule has 1 unspecified atom stereocenters. The molecule has 0 bridgehead atoms. The third kappa shape index (κ3) is 4.03. The van der Waals surface area contributed by atoms with Gasteiger partial charge in [-0.05, 0) is 12.0 Å². The van der Waals surface area contributed by atoms with Crippen LogP contribution in [0.1, 0.15) is 24.2 Å². The van der Waals surface area contributed by atoms with Crippen molar-refractivity contribution >= 4 is 27.5 Å². The standard InChI is InChI=1S/C12H12BrN3O3/c1-7(2)11(6-14)15-12(17)8-3-9(13)5-10(4-8)16(18)19/h3-5,7,11H,1-2H3,(H,15,17). The number of rotatable bonds is 4. The molecule has 1 atom stereocenters. The topological polar surface area (TPSA) is 96.0 Å². The molecule has 0 radical (unpaired) electrons. The molecule has 0 aromatic heterocycles. The Morgan fingerprint density at radius 1 is 1.47 bits per heavy atom. The van der Waals surface area contributed by atoms with Gasteiger partial charge in [-0.15, -0.1) is 0 Å². The Kier molecular flexibility index (Phi) is 5.01. The molecule has 0 heterocycles. The summed E-state index contributed by atoms with van der Waals surface area (Å²) in [5.74, 6) is -0.555. The number of non-ortho nitro benzene ring substituents is 1. The number of hydrogen-bond donors (Lipinski definition) is 1. The number of carbonyl (C=O) groups excluding carboxylic acids is 1. The Hall–Kier alpha value is -1.94. The van der Waals surface area contributed by atoms with Crippen LogP contribution in [0.15, 0.2) is 22.7 Å². The summed E-state index contributed by atoms with van der Waals surface area (Å²) in [4.78, 5) is 22.1. The molecular weight excluding hydrogens is 314 g/mol. The predicted octanol–water partition coefficient (Wildman–Crippen LogP) is 2.64. The minimum atomic E-state index is -0.634. The molecular formula is C12H12BrN3O3. The zero-order chi connectivity index (χ0) is 14.6. The second kappa shape index (κ2) is 6.29. The fraction of sp³-hybridized carbons (Fsp3) is 0.333. The van der Waals surface area contributed by atoms with Gasteiger partial charge < -0.3 is 5.32 Å². The third-order valence-electron chi connectivity index (χ3n) is 2.45. The van der Waals surface area contributed by atoms with Crippen LogP contribution in [0.3, 0.4) is 0 Å². The van der Waals surface area contributed by atoms with Gasteiger partial charge in [0.1, 0.15) is 6.04 Å². The van der Waals surface area contributed by atoms with Crippen molar-refractivity contribution in [2.75, 3.05) is 0 Å². The lowest BCUT2D eigenvalue weighted by atomic mass is 10.1. The van der Waals surface area contributed by atoms with Crippen LogP contribution in [-0.4, -0.2) is 16.9 Å². The van der Waals surface area contributed by atoms with E-state index in [1.807, 2.05) is 6.07 Å². The second-order valence-electron chi connectivity index (χ2n) is 4.28. The summed E-state index contributed by atoms with van der Waals surface area (Å²) < 4.78 is 0.435. The van der Waals surface area contributed by atoms with E-state index in [1.54, 1.807) is 13.8 Å². The molecule has 0 saturated heterocycles. The third-order valence-corrected chi connectivity index (χ3v) is 2.91. The summed E-state index contributed by atoms with van der Waals surface area (Å²) >= 11 is 3.11. The Labute approximate surface area is 118 Å². The van der Waals surface area contributed by atoms with E-state index >= 15 is 0 Å². The number of nitro benzene ring substituents is 1. The highest BCUT2D eigenvalue weighted by Gasteiger charge is 2.19. The van der Waals surface area contributed by atoms with Crippen molar-refractivity contribution in [3.63, 3.8) is 0 Å². The van der Waals surface area contributed by atoms with Gasteiger partial charge in [0, 0.05) is 22.2 Å². The smallest absolute Gasteiger partial charge is 0.271 e. The van der Waals surface area contributed by atoms with Crippen molar-refractivity contribution < 1.29 is 9.72 Å². The van der Waals surface area contributed by atoms with Crippen molar-refractivity contribution in [3.05, 3.63) is 38.3 Å². The lowest BCUT2D eigenvalue weighted by molar-refractivity contribution is -0.385. The normalized spacial score (nSPS) is 11.7. The first-order valence-electron chi connectivity index (χ1n) is 5.50. The van der Waals surface area contributed by atoms with Crippen molar-refractivity contribution in [2.24, 2.45) is 5.92 Å². The van der Waals surface area contributed by atoms with Gasteiger partial charge in [-0.3, -0.25) is 14.9 Å². The highest BCUT2D eigenvalue weighted by atomic mass is 79.9. The van der Waals surface area contributed by atoms with Crippen LogP contribution in [0.4, 0.5) is 5.69 Å². The maximum absolute atomic E-state index is 11.9. The molecule has 0 spiro atoms. The fourth-order valence-electron chi connectivity index (χ4n) is 1.38. The van der Waals surface area contributed by atoms with Gasteiger partial charge in [0.25, 0.3) is 11.6 Å². The van der Waals surface area contributed by atoms with E-state index in [9.17, 15) is 14.9 Å². The first kappa shape index (κ1) is 15.1. The number of nitrogens with one attached hydrogen (secondary N) is 1. The molecule has 1 rings (SSSR count). The molecule has 1 aromatic rings. The minimum absolute atomic E-state index is 0.0453. The van der Waals surface area contributed by atoms with Crippen LogP contribution in [0.25, 0.3) is 0 Å². The Morgan fingerprint density at radius 3 is 2.58 bits per heavy atom. The predicted molar refractivity (Wildman–Crippen MR) is 72.5 cm³/mol. The number of hydrogen-bond acceptors (Lipinski definition) is 4. The van der Waals surface area contributed by atoms with E-state index in [0.717, 1.165) is 0 Å². The summed E-state index contributed by atoms with van der Waals surface area (Å²) in [6, 6.07) is 5.29. The second-order valence-corrected chi connectivity index (χ2v) is 5.20. The van der Waals surface area contributed by atoms with Gasteiger partial charge in [0.15, 0.2) is 0 Å². The molecule has 0 saturated carbocycles. The molecule has 6 nitrogen and oxygen atoms in total.